The zero-order valence-corrected chi connectivity index (χ0v) is 15.0. The maximum Gasteiger partial charge on any atom is 0.410 e. The lowest BCUT2D eigenvalue weighted by Crippen LogP contribution is -2.36. The minimum atomic E-state index is -0.224. The number of amides is 1. The lowest BCUT2D eigenvalue weighted by molar-refractivity contribution is 0.0965. The van der Waals surface area contributed by atoms with Crippen LogP contribution in [0.3, 0.4) is 0 Å². The number of hydrogen-bond acceptors (Lipinski definition) is 4. The quantitative estimate of drug-likeness (QED) is 0.848. The minimum Gasteiger partial charge on any atom is -0.449 e. The molecule has 6 heteroatoms. The molecule has 6 nitrogen and oxygen atoms in total. The zero-order valence-electron chi connectivity index (χ0n) is 15.0. The van der Waals surface area contributed by atoms with Crippen molar-refractivity contribution in [3.63, 3.8) is 0 Å². The van der Waals surface area contributed by atoms with E-state index in [9.17, 15) is 4.79 Å². The van der Waals surface area contributed by atoms with E-state index in [1.807, 2.05) is 28.9 Å². The molecule has 2 N–H and O–H groups in total. The minimum absolute atomic E-state index is 0.224. The smallest absolute Gasteiger partial charge is 0.410 e. The molecule has 3 rings (SSSR count). The molecule has 0 bridgehead atoms. The van der Waals surface area contributed by atoms with Gasteiger partial charge in [0.05, 0.1) is 24.5 Å². The van der Waals surface area contributed by atoms with Gasteiger partial charge < -0.3 is 15.4 Å². The van der Waals surface area contributed by atoms with Crippen LogP contribution in [0.4, 0.5) is 4.79 Å². The van der Waals surface area contributed by atoms with Crippen LogP contribution < -0.4 is 5.73 Å². The third kappa shape index (κ3) is 3.69. The van der Waals surface area contributed by atoms with Crippen molar-refractivity contribution in [2.24, 2.45) is 5.73 Å². The summed E-state index contributed by atoms with van der Waals surface area (Å²) in [6, 6.07) is 8.11. The second-order valence-corrected chi connectivity index (χ2v) is 6.43. The first-order chi connectivity index (χ1) is 12.1. The monoisotopic (exact) mass is 342 g/mol. The molecule has 0 spiro atoms. The summed E-state index contributed by atoms with van der Waals surface area (Å²) in [5.41, 5.74) is 11.0. The first-order valence-corrected chi connectivity index (χ1v) is 8.92. The molecule has 25 heavy (non-hydrogen) atoms. The Bertz CT molecular complexity index is 737. The summed E-state index contributed by atoms with van der Waals surface area (Å²) in [7, 11) is 0. The molecule has 0 saturated carbocycles. The van der Waals surface area contributed by atoms with Crippen molar-refractivity contribution in [1.29, 1.82) is 0 Å². The van der Waals surface area contributed by atoms with Gasteiger partial charge in [-0.1, -0.05) is 25.5 Å². The van der Waals surface area contributed by atoms with Gasteiger partial charge in [0.2, 0.25) is 0 Å². The average molecular weight is 342 g/mol. The molecule has 0 radical (unpaired) electrons. The van der Waals surface area contributed by atoms with Crippen LogP contribution >= 0.6 is 0 Å². The number of nitrogens with two attached hydrogens (primary N) is 1. The Balaban J connectivity index is 1.76. The SMILES string of the molecule is CCCCOC(=O)N1CCc2nn(-c3ccc(CN)cc3)c(C)c2C1. The highest BCUT2D eigenvalue weighted by Gasteiger charge is 2.26. The van der Waals surface area contributed by atoms with Crippen LogP contribution in [0.25, 0.3) is 5.69 Å². The Morgan fingerprint density at radius 3 is 2.76 bits per heavy atom. The number of rotatable bonds is 5. The Morgan fingerprint density at radius 1 is 1.32 bits per heavy atom. The maximum absolute atomic E-state index is 12.2. The summed E-state index contributed by atoms with van der Waals surface area (Å²) in [4.78, 5) is 14.0. The highest BCUT2D eigenvalue weighted by molar-refractivity contribution is 5.68. The van der Waals surface area contributed by atoms with Crippen molar-refractivity contribution in [2.45, 2.75) is 46.2 Å². The van der Waals surface area contributed by atoms with Gasteiger partial charge in [-0.2, -0.15) is 5.10 Å². The number of ether oxygens (including phenoxy) is 1. The van der Waals surface area contributed by atoms with Crippen molar-refractivity contribution >= 4 is 6.09 Å². The highest BCUT2D eigenvalue weighted by Crippen LogP contribution is 2.24. The Morgan fingerprint density at radius 2 is 2.08 bits per heavy atom. The summed E-state index contributed by atoms with van der Waals surface area (Å²) >= 11 is 0. The van der Waals surface area contributed by atoms with Crippen LogP contribution in [0.5, 0.6) is 0 Å². The molecule has 1 aliphatic heterocycles. The van der Waals surface area contributed by atoms with Crippen LogP contribution in [0.2, 0.25) is 0 Å². The number of carbonyl (C=O) groups excluding carboxylic acids is 1. The molecular formula is C19H26N4O2. The number of fused-ring (bicyclic) bond motifs is 1. The van der Waals surface area contributed by atoms with E-state index in [1.165, 1.54) is 0 Å². The highest BCUT2D eigenvalue weighted by atomic mass is 16.6. The molecule has 1 amide bonds. The fourth-order valence-corrected chi connectivity index (χ4v) is 3.09. The van der Waals surface area contributed by atoms with E-state index in [2.05, 4.69) is 13.8 Å². The number of unbranched alkanes of at least 4 members (excludes halogenated alkanes) is 1. The van der Waals surface area contributed by atoms with Crippen molar-refractivity contribution in [2.75, 3.05) is 13.2 Å². The van der Waals surface area contributed by atoms with E-state index in [-0.39, 0.29) is 6.09 Å². The third-order valence-electron chi connectivity index (χ3n) is 4.69. The summed E-state index contributed by atoms with van der Waals surface area (Å²) in [5, 5.41) is 4.75. The normalized spacial score (nSPS) is 13.6. The standard InChI is InChI=1S/C19H26N4O2/c1-3-4-11-25-19(24)22-10-9-18-17(13-22)14(2)23(21-18)16-7-5-15(12-20)6-8-16/h5-8H,3-4,9-13,20H2,1-2H3. The average Bonchev–Trinajstić information content (AvgIpc) is 2.98. The Kier molecular flexibility index (Phi) is 5.38. The number of carbonyl (C=O) groups is 1. The van der Waals surface area contributed by atoms with Crippen molar-refractivity contribution < 1.29 is 9.53 Å². The number of hydrogen-bond donors (Lipinski definition) is 1. The summed E-state index contributed by atoms with van der Waals surface area (Å²) < 4.78 is 7.30. The molecule has 2 aromatic rings. The summed E-state index contributed by atoms with van der Waals surface area (Å²) in [6.45, 7) is 6.37. The molecule has 0 unspecified atom stereocenters. The fraction of sp³-hybridized carbons (Fsp3) is 0.474. The Hall–Kier alpha value is -2.34. The van der Waals surface area contributed by atoms with Gasteiger partial charge in [0.25, 0.3) is 0 Å². The molecule has 0 atom stereocenters. The molecule has 1 aliphatic rings. The first kappa shape index (κ1) is 17.5. The van der Waals surface area contributed by atoms with Crippen LogP contribution in [-0.4, -0.2) is 33.9 Å². The van der Waals surface area contributed by atoms with Gasteiger partial charge in [-0.3, -0.25) is 0 Å². The van der Waals surface area contributed by atoms with Crippen molar-refractivity contribution in [3.05, 3.63) is 46.8 Å². The van der Waals surface area contributed by atoms with E-state index in [1.54, 1.807) is 4.90 Å². The van der Waals surface area contributed by atoms with Gasteiger partial charge in [0.1, 0.15) is 0 Å². The second-order valence-electron chi connectivity index (χ2n) is 6.43. The summed E-state index contributed by atoms with van der Waals surface area (Å²) in [5.74, 6) is 0. The number of aromatic nitrogens is 2. The topological polar surface area (TPSA) is 73.4 Å². The van der Waals surface area contributed by atoms with Gasteiger partial charge in [-0.15, -0.1) is 0 Å². The molecule has 2 heterocycles. The number of nitrogens with zero attached hydrogens (tertiary/aromatic N) is 3. The van der Waals surface area contributed by atoms with E-state index >= 15 is 0 Å². The first-order valence-electron chi connectivity index (χ1n) is 8.92. The molecule has 0 fully saturated rings. The lowest BCUT2D eigenvalue weighted by Gasteiger charge is -2.26. The molecule has 1 aromatic heterocycles. The predicted octanol–water partition coefficient (Wildman–Crippen LogP) is 2.93. The van der Waals surface area contributed by atoms with Gasteiger partial charge in [0, 0.05) is 30.8 Å². The van der Waals surface area contributed by atoms with Gasteiger partial charge in [-0.05, 0) is 31.0 Å². The van der Waals surface area contributed by atoms with Crippen molar-refractivity contribution in [3.8, 4) is 5.69 Å². The van der Waals surface area contributed by atoms with Gasteiger partial charge in [0.15, 0.2) is 0 Å². The van der Waals surface area contributed by atoms with Crippen LogP contribution in [0.1, 0.15) is 42.3 Å². The largest absolute Gasteiger partial charge is 0.449 e. The zero-order chi connectivity index (χ0) is 17.8. The maximum atomic E-state index is 12.2. The predicted molar refractivity (Wildman–Crippen MR) is 96.6 cm³/mol. The van der Waals surface area contributed by atoms with Gasteiger partial charge in [-0.25, -0.2) is 9.48 Å². The lowest BCUT2D eigenvalue weighted by atomic mass is 10.1. The molecule has 0 saturated heterocycles. The fourth-order valence-electron chi connectivity index (χ4n) is 3.09. The summed E-state index contributed by atoms with van der Waals surface area (Å²) in [6.07, 6.45) is 2.46. The molecule has 1 aromatic carbocycles. The van der Waals surface area contributed by atoms with E-state index in [0.29, 0.717) is 26.2 Å². The van der Waals surface area contributed by atoms with Crippen LogP contribution in [0.15, 0.2) is 24.3 Å². The van der Waals surface area contributed by atoms with Crippen molar-refractivity contribution in [1.82, 2.24) is 14.7 Å². The second kappa shape index (κ2) is 7.70. The third-order valence-corrected chi connectivity index (χ3v) is 4.69. The molecule has 134 valence electrons. The van der Waals surface area contributed by atoms with E-state index in [4.69, 9.17) is 15.6 Å². The van der Waals surface area contributed by atoms with Crippen LogP contribution in [-0.2, 0) is 24.2 Å². The molecular weight excluding hydrogens is 316 g/mol. The van der Waals surface area contributed by atoms with E-state index in [0.717, 1.165) is 47.5 Å². The number of benzene rings is 1. The van der Waals surface area contributed by atoms with Crippen LogP contribution in [0, 0.1) is 6.92 Å². The Labute approximate surface area is 148 Å². The van der Waals surface area contributed by atoms with Gasteiger partial charge >= 0.3 is 6.09 Å². The van der Waals surface area contributed by atoms with E-state index < -0.39 is 0 Å². The molecule has 0 aliphatic carbocycles.